The fraction of sp³-hybridized carbons (Fsp3) is 0.765. The van der Waals surface area contributed by atoms with Gasteiger partial charge in [-0.1, -0.05) is 20.3 Å². The highest BCUT2D eigenvalue weighted by Gasteiger charge is 2.07. The van der Waals surface area contributed by atoms with Gasteiger partial charge in [-0.3, -0.25) is 4.99 Å². The molecule has 0 aromatic carbocycles. The Morgan fingerprint density at radius 3 is 2.74 bits per heavy atom. The largest absolute Gasteiger partial charge is 0.396 e. The monoisotopic (exact) mass is 340 g/mol. The third-order valence-corrected chi connectivity index (χ3v) is 4.87. The molecule has 1 aromatic heterocycles. The van der Waals surface area contributed by atoms with Crippen molar-refractivity contribution in [3.63, 3.8) is 0 Å². The van der Waals surface area contributed by atoms with Gasteiger partial charge in [0.25, 0.3) is 0 Å². The summed E-state index contributed by atoms with van der Waals surface area (Å²) in [5, 5.41) is 17.0. The first-order chi connectivity index (χ1) is 11.2. The SMILES string of the molecule is CCCC(CCO)CN=C(NCC)NCCc1ncc(CC)s1. The summed E-state index contributed by atoms with van der Waals surface area (Å²) in [6.07, 6.45) is 7.03. The summed E-state index contributed by atoms with van der Waals surface area (Å²) in [6, 6.07) is 0. The lowest BCUT2D eigenvalue weighted by Gasteiger charge is -2.15. The van der Waals surface area contributed by atoms with Gasteiger partial charge in [-0.25, -0.2) is 4.98 Å². The Labute approximate surface area is 144 Å². The molecule has 0 aliphatic rings. The lowest BCUT2D eigenvalue weighted by Crippen LogP contribution is -2.38. The highest BCUT2D eigenvalue weighted by Crippen LogP contribution is 2.13. The van der Waals surface area contributed by atoms with Gasteiger partial charge in [0.1, 0.15) is 0 Å². The Hall–Kier alpha value is -1.14. The molecule has 0 fully saturated rings. The van der Waals surface area contributed by atoms with Gasteiger partial charge in [0, 0.05) is 43.7 Å². The quantitative estimate of drug-likeness (QED) is 0.428. The predicted octanol–water partition coefficient (Wildman–Crippen LogP) is 2.60. The summed E-state index contributed by atoms with van der Waals surface area (Å²) in [5.41, 5.74) is 0. The molecule has 0 bridgehead atoms. The van der Waals surface area contributed by atoms with Crippen LogP contribution in [-0.2, 0) is 12.8 Å². The smallest absolute Gasteiger partial charge is 0.191 e. The molecule has 3 N–H and O–H groups in total. The van der Waals surface area contributed by atoms with Crippen LogP contribution in [0.5, 0.6) is 0 Å². The van der Waals surface area contributed by atoms with Crippen molar-refractivity contribution in [3.05, 3.63) is 16.1 Å². The summed E-state index contributed by atoms with van der Waals surface area (Å²) in [7, 11) is 0. The van der Waals surface area contributed by atoms with Crippen LogP contribution < -0.4 is 10.6 Å². The Morgan fingerprint density at radius 1 is 1.30 bits per heavy atom. The molecule has 6 heteroatoms. The average Bonchev–Trinajstić information content (AvgIpc) is 3.01. The number of nitrogens with zero attached hydrogens (tertiary/aromatic N) is 2. The molecular weight excluding hydrogens is 308 g/mol. The number of guanidine groups is 1. The van der Waals surface area contributed by atoms with Crippen molar-refractivity contribution in [2.24, 2.45) is 10.9 Å². The van der Waals surface area contributed by atoms with Crippen LogP contribution in [0.2, 0.25) is 0 Å². The van der Waals surface area contributed by atoms with Crippen LogP contribution in [0.25, 0.3) is 0 Å². The molecule has 132 valence electrons. The van der Waals surface area contributed by atoms with Crippen molar-refractivity contribution in [1.82, 2.24) is 15.6 Å². The van der Waals surface area contributed by atoms with Crippen LogP contribution in [0.15, 0.2) is 11.2 Å². The van der Waals surface area contributed by atoms with Gasteiger partial charge in [0.2, 0.25) is 0 Å². The number of aliphatic hydroxyl groups excluding tert-OH is 1. The summed E-state index contributed by atoms with van der Waals surface area (Å²) in [4.78, 5) is 10.5. The zero-order valence-corrected chi connectivity index (χ0v) is 15.6. The van der Waals surface area contributed by atoms with Crippen LogP contribution in [0, 0.1) is 5.92 Å². The van der Waals surface area contributed by atoms with Crippen LogP contribution in [0.1, 0.15) is 49.9 Å². The maximum Gasteiger partial charge on any atom is 0.191 e. The van der Waals surface area contributed by atoms with E-state index in [0.29, 0.717) is 5.92 Å². The minimum Gasteiger partial charge on any atom is -0.396 e. The second-order valence-corrected chi connectivity index (χ2v) is 6.84. The van der Waals surface area contributed by atoms with E-state index in [2.05, 4.69) is 41.4 Å². The van der Waals surface area contributed by atoms with Gasteiger partial charge in [0.15, 0.2) is 5.96 Å². The lowest BCUT2D eigenvalue weighted by molar-refractivity contribution is 0.253. The normalized spacial score (nSPS) is 13.1. The van der Waals surface area contributed by atoms with Crippen LogP contribution in [0.3, 0.4) is 0 Å². The number of nitrogens with one attached hydrogen (secondary N) is 2. The number of aromatic nitrogens is 1. The minimum absolute atomic E-state index is 0.244. The van der Waals surface area contributed by atoms with E-state index in [9.17, 15) is 0 Å². The Bertz CT molecular complexity index is 442. The summed E-state index contributed by atoms with van der Waals surface area (Å²) in [5.74, 6) is 1.32. The topological polar surface area (TPSA) is 69.5 Å². The molecule has 1 atom stereocenters. The first-order valence-electron chi connectivity index (χ1n) is 8.80. The Morgan fingerprint density at radius 2 is 2.13 bits per heavy atom. The van der Waals surface area contributed by atoms with Crippen molar-refractivity contribution in [3.8, 4) is 0 Å². The van der Waals surface area contributed by atoms with Crippen LogP contribution in [-0.4, -0.2) is 42.3 Å². The maximum absolute atomic E-state index is 9.14. The van der Waals surface area contributed by atoms with Gasteiger partial charge in [0.05, 0.1) is 5.01 Å². The number of hydrogen-bond acceptors (Lipinski definition) is 4. The number of thiazole rings is 1. The minimum atomic E-state index is 0.244. The molecule has 1 rings (SSSR count). The third kappa shape index (κ3) is 8.32. The molecule has 0 aliphatic heterocycles. The van der Waals surface area contributed by atoms with E-state index in [1.807, 2.05) is 6.20 Å². The molecule has 0 aliphatic carbocycles. The lowest BCUT2D eigenvalue weighted by atomic mass is 10.0. The zero-order valence-electron chi connectivity index (χ0n) is 14.8. The second-order valence-electron chi connectivity index (χ2n) is 5.64. The van der Waals surface area contributed by atoms with E-state index in [4.69, 9.17) is 5.11 Å². The standard InChI is InChI=1S/C17H32N4OS/c1-4-7-14(9-11-22)12-21-17(18-6-3)19-10-8-16-20-13-15(5-2)23-16/h13-14,22H,4-12H2,1-3H3,(H2,18,19,21). The second kappa shape index (κ2) is 12.3. The third-order valence-electron chi connectivity index (χ3n) is 3.67. The van der Waals surface area contributed by atoms with Gasteiger partial charge >= 0.3 is 0 Å². The van der Waals surface area contributed by atoms with E-state index in [0.717, 1.165) is 57.7 Å². The molecule has 0 amide bonds. The van der Waals surface area contributed by atoms with Crippen LogP contribution >= 0.6 is 11.3 Å². The molecule has 1 aromatic rings. The van der Waals surface area contributed by atoms with E-state index in [-0.39, 0.29) is 6.61 Å². The van der Waals surface area contributed by atoms with Gasteiger partial charge < -0.3 is 15.7 Å². The van der Waals surface area contributed by atoms with Crippen LogP contribution in [0.4, 0.5) is 0 Å². The maximum atomic E-state index is 9.14. The van der Waals surface area contributed by atoms with E-state index >= 15 is 0 Å². The summed E-state index contributed by atoms with van der Waals surface area (Å²) < 4.78 is 0. The molecule has 1 heterocycles. The molecule has 1 unspecified atom stereocenters. The predicted molar refractivity (Wildman–Crippen MR) is 99.3 cm³/mol. The van der Waals surface area contributed by atoms with Gasteiger partial charge in [-0.05, 0) is 32.1 Å². The average molecular weight is 341 g/mol. The fourth-order valence-corrected chi connectivity index (χ4v) is 3.26. The molecule has 0 spiro atoms. The molecule has 0 radical (unpaired) electrons. The van der Waals surface area contributed by atoms with E-state index < -0.39 is 0 Å². The fourth-order valence-electron chi connectivity index (χ4n) is 2.39. The number of aliphatic imine (C=N–C) groups is 1. The highest BCUT2D eigenvalue weighted by atomic mass is 32.1. The zero-order chi connectivity index (χ0) is 16.9. The Balaban J connectivity index is 2.44. The molecule has 0 saturated heterocycles. The number of aliphatic hydroxyl groups is 1. The number of aryl methyl sites for hydroxylation is 1. The van der Waals surface area contributed by atoms with Crippen molar-refractivity contribution < 1.29 is 5.11 Å². The molecule has 5 nitrogen and oxygen atoms in total. The number of rotatable bonds is 11. The summed E-state index contributed by atoms with van der Waals surface area (Å²) >= 11 is 1.79. The van der Waals surface area contributed by atoms with Gasteiger partial charge in [-0.2, -0.15) is 0 Å². The van der Waals surface area contributed by atoms with Crippen molar-refractivity contribution in [2.75, 3.05) is 26.2 Å². The molecule has 0 saturated carbocycles. The van der Waals surface area contributed by atoms with E-state index in [1.54, 1.807) is 11.3 Å². The van der Waals surface area contributed by atoms with Gasteiger partial charge in [-0.15, -0.1) is 11.3 Å². The molecule has 23 heavy (non-hydrogen) atoms. The summed E-state index contributed by atoms with van der Waals surface area (Å²) in [6.45, 7) is 9.10. The van der Waals surface area contributed by atoms with Crippen molar-refractivity contribution in [2.45, 2.75) is 52.9 Å². The Kier molecular flexibility index (Phi) is 10.6. The van der Waals surface area contributed by atoms with E-state index in [1.165, 1.54) is 9.88 Å². The number of hydrogen-bond donors (Lipinski definition) is 3. The first kappa shape index (κ1) is 19.9. The molecular formula is C17H32N4OS. The first-order valence-corrected chi connectivity index (χ1v) is 9.61. The van der Waals surface area contributed by atoms with Crippen molar-refractivity contribution >= 4 is 17.3 Å². The van der Waals surface area contributed by atoms with Crippen molar-refractivity contribution in [1.29, 1.82) is 0 Å². The highest BCUT2D eigenvalue weighted by molar-refractivity contribution is 7.11.